The van der Waals surface area contributed by atoms with Crippen molar-refractivity contribution in [2.24, 2.45) is 5.92 Å². The van der Waals surface area contributed by atoms with Crippen LogP contribution in [0.1, 0.15) is 16.1 Å². The highest BCUT2D eigenvalue weighted by Crippen LogP contribution is 2.23. The van der Waals surface area contributed by atoms with Crippen molar-refractivity contribution < 1.29 is 18.9 Å². The largest absolute Gasteiger partial charge is 0.433 e. The third-order valence-corrected chi connectivity index (χ3v) is 4.89. The first-order valence-electron chi connectivity index (χ1n) is 8.89. The van der Waals surface area contributed by atoms with Gasteiger partial charge in [0.1, 0.15) is 4.92 Å². The molecule has 0 aliphatic carbocycles. The fraction of sp³-hybridized carbons (Fsp3) is 0.263. The van der Waals surface area contributed by atoms with Crippen LogP contribution in [0.3, 0.4) is 0 Å². The summed E-state index contributed by atoms with van der Waals surface area (Å²) >= 11 is 0. The molecule has 144 valence electrons. The summed E-state index contributed by atoms with van der Waals surface area (Å²) in [5, 5.41) is 14.7. The molecule has 1 saturated heterocycles. The fourth-order valence-electron chi connectivity index (χ4n) is 3.31. The van der Waals surface area contributed by atoms with Crippen molar-refractivity contribution in [3.63, 3.8) is 0 Å². The molecule has 2 amide bonds. The zero-order chi connectivity index (χ0) is 19.7. The lowest BCUT2D eigenvalue weighted by molar-refractivity contribution is -0.402. The minimum absolute atomic E-state index is 0.0927. The average molecular weight is 382 g/mol. The molecule has 0 atom stereocenters. The highest BCUT2D eigenvalue weighted by Gasteiger charge is 2.37. The minimum Gasteiger partial charge on any atom is -0.395 e. The fourth-order valence-corrected chi connectivity index (χ4v) is 3.31. The maximum Gasteiger partial charge on any atom is 0.433 e. The number of amides is 2. The van der Waals surface area contributed by atoms with E-state index in [9.17, 15) is 19.7 Å². The van der Waals surface area contributed by atoms with Crippen LogP contribution >= 0.6 is 0 Å². The summed E-state index contributed by atoms with van der Waals surface area (Å²) in [4.78, 5) is 39.0. The highest BCUT2D eigenvalue weighted by molar-refractivity contribution is 5.94. The van der Waals surface area contributed by atoms with Gasteiger partial charge in [0.05, 0.1) is 12.0 Å². The van der Waals surface area contributed by atoms with Crippen molar-refractivity contribution >= 4 is 28.6 Å². The van der Waals surface area contributed by atoms with E-state index in [0.717, 1.165) is 22.5 Å². The van der Waals surface area contributed by atoms with Crippen LogP contribution in [0.15, 0.2) is 47.0 Å². The van der Waals surface area contributed by atoms with Gasteiger partial charge in [0.25, 0.3) is 5.91 Å². The Hall–Kier alpha value is -3.62. The lowest BCUT2D eigenvalue weighted by Crippen LogP contribution is -2.55. The van der Waals surface area contributed by atoms with Crippen LogP contribution in [0.4, 0.5) is 5.88 Å². The van der Waals surface area contributed by atoms with Crippen LogP contribution in [0.2, 0.25) is 0 Å². The molecule has 1 aliphatic rings. The van der Waals surface area contributed by atoms with E-state index < -0.39 is 16.7 Å². The van der Waals surface area contributed by atoms with Crippen molar-refractivity contribution in [3.05, 3.63) is 64.0 Å². The highest BCUT2D eigenvalue weighted by atomic mass is 16.6. The molecule has 3 heterocycles. The molecule has 1 aromatic carbocycles. The molecule has 0 bridgehead atoms. The molecule has 2 aromatic heterocycles. The molecule has 0 unspecified atom stereocenters. The summed E-state index contributed by atoms with van der Waals surface area (Å²) in [6.45, 7) is 1.05. The van der Waals surface area contributed by atoms with Crippen molar-refractivity contribution in [2.75, 3.05) is 19.6 Å². The van der Waals surface area contributed by atoms with Gasteiger partial charge in [-0.05, 0) is 24.1 Å². The van der Waals surface area contributed by atoms with Crippen molar-refractivity contribution in [1.29, 1.82) is 0 Å². The Balaban J connectivity index is 1.24. The Morgan fingerprint density at radius 3 is 2.79 bits per heavy atom. The first-order chi connectivity index (χ1) is 13.5. The van der Waals surface area contributed by atoms with E-state index in [1.807, 2.05) is 30.5 Å². The number of nitrogens with zero attached hydrogens (tertiary/aromatic N) is 2. The normalized spacial score (nSPS) is 14.1. The number of H-pyrrole nitrogens is 1. The molecule has 3 aromatic rings. The second-order valence-corrected chi connectivity index (χ2v) is 6.70. The summed E-state index contributed by atoms with van der Waals surface area (Å²) in [6, 6.07) is 10.4. The number of nitrogens with one attached hydrogen (secondary N) is 2. The number of aromatic nitrogens is 1. The number of carbonyl (C=O) groups is 2. The summed E-state index contributed by atoms with van der Waals surface area (Å²) in [6.07, 6.45) is 2.66. The Bertz CT molecular complexity index is 1050. The van der Waals surface area contributed by atoms with E-state index in [0.29, 0.717) is 13.0 Å². The third-order valence-electron chi connectivity index (χ3n) is 4.89. The number of rotatable bonds is 6. The number of hydrogen-bond donors (Lipinski definition) is 2. The standard InChI is InChI=1S/C19H18N4O5/c24-18(20-8-7-12-9-21-15-4-2-1-3-14(12)15)13-10-22(11-13)19(25)16-5-6-17(28-16)23(26)27/h1-6,9,13,21H,7-8,10-11H2,(H,20,24). The number of carbonyl (C=O) groups excluding carboxylic acids is 2. The summed E-state index contributed by atoms with van der Waals surface area (Å²) < 4.78 is 4.91. The number of benzene rings is 1. The van der Waals surface area contributed by atoms with Crippen LogP contribution in [0.25, 0.3) is 10.9 Å². The number of furan rings is 1. The number of aromatic amines is 1. The van der Waals surface area contributed by atoms with Crippen LogP contribution in [-0.4, -0.2) is 46.3 Å². The smallest absolute Gasteiger partial charge is 0.395 e. The van der Waals surface area contributed by atoms with Crippen molar-refractivity contribution in [2.45, 2.75) is 6.42 Å². The monoisotopic (exact) mass is 382 g/mol. The van der Waals surface area contributed by atoms with E-state index in [-0.39, 0.29) is 30.7 Å². The van der Waals surface area contributed by atoms with E-state index in [4.69, 9.17) is 4.42 Å². The van der Waals surface area contributed by atoms with Gasteiger partial charge in [0, 0.05) is 36.7 Å². The molecular weight excluding hydrogens is 364 g/mol. The third kappa shape index (κ3) is 3.34. The lowest BCUT2D eigenvalue weighted by atomic mass is 9.98. The topological polar surface area (TPSA) is 121 Å². The van der Waals surface area contributed by atoms with Crippen LogP contribution < -0.4 is 5.32 Å². The van der Waals surface area contributed by atoms with E-state index in [1.54, 1.807) is 0 Å². The second kappa shape index (κ2) is 7.18. The van der Waals surface area contributed by atoms with E-state index in [2.05, 4.69) is 10.3 Å². The van der Waals surface area contributed by atoms with Gasteiger partial charge in [0.2, 0.25) is 5.91 Å². The Morgan fingerprint density at radius 1 is 1.25 bits per heavy atom. The molecular formula is C19H18N4O5. The maximum atomic E-state index is 12.2. The molecule has 1 fully saturated rings. The van der Waals surface area contributed by atoms with Gasteiger partial charge in [-0.1, -0.05) is 18.2 Å². The predicted molar refractivity (Wildman–Crippen MR) is 99.8 cm³/mol. The molecule has 2 N–H and O–H groups in total. The first-order valence-corrected chi connectivity index (χ1v) is 8.89. The Kier molecular flexibility index (Phi) is 4.56. The molecule has 0 radical (unpaired) electrons. The molecule has 4 rings (SSSR count). The van der Waals surface area contributed by atoms with Gasteiger partial charge < -0.3 is 19.6 Å². The Labute approximate surface area is 159 Å². The molecule has 0 saturated carbocycles. The average Bonchev–Trinajstić information content (AvgIpc) is 3.28. The molecule has 9 heteroatoms. The SMILES string of the molecule is O=C(NCCc1c[nH]c2ccccc12)C1CN(C(=O)c2ccc([N+](=O)[O-])o2)C1. The molecule has 1 aliphatic heterocycles. The van der Waals surface area contributed by atoms with Crippen LogP contribution in [0.5, 0.6) is 0 Å². The van der Waals surface area contributed by atoms with Crippen molar-refractivity contribution in [3.8, 4) is 0 Å². The predicted octanol–water partition coefficient (Wildman–Crippen LogP) is 2.10. The summed E-state index contributed by atoms with van der Waals surface area (Å²) in [5.74, 6) is -1.40. The van der Waals surface area contributed by atoms with Crippen LogP contribution in [0, 0.1) is 16.0 Å². The summed E-state index contributed by atoms with van der Waals surface area (Å²) in [5.41, 5.74) is 2.20. The zero-order valence-corrected chi connectivity index (χ0v) is 14.9. The number of para-hydroxylation sites is 1. The van der Waals surface area contributed by atoms with Crippen LogP contribution in [-0.2, 0) is 11.2 Å². The maximum absolute atomic E-state index is 12.2. The first kappa shape index (κ1) is 17.8. The van der Waals surface area contributed by atoms with Gasteiger partial charge in [-0.3, -0.25) is 19.7 Å². The molecule has 28 heavy (non-hydrogen) atoms. The number of nitro groups is 1. The second-order valence-electron chi connectivity index (χ2n) is 6.70. The number of likely N-dealkylation sites (tertiary alicyclic amines) is 1. The number of hydrogen-bond acceptors (Lipinski definition) is 5. The van der Waals surface area contributed by atoms with Gasteiger partial charge in [-0.2, -0.15) is 0 Å². The Morgan fingerprint density at radius 2 is 2.04 bits per heavy atom. The number of fused-ring (bicyclic) bond motifs is 1. The van der Waals surface area contributed by atoms with Gasteiger partial charge in [0.15, 0.2) is 5.76 Å². The van der Waals surface area contributed by atoms with Gasteiger partial charge >= 0.3 is 5.88 Å². The van der Waals surface area contributed by atoms with E-state index >= 15 is 0 Å². The zero-order valence-electron chi connectivity index (χ0n) is 14.9. The lowest BCUT2D eigenvalue weighted by Gasteiger charge is -2.37. The quantitative estimate of drug-likeness (QED) is 0.499. The summed E-state index contributed by atoms with van der Waals surface area (Å²) in [7, 11) is 0. The molecule has 9 nitrogen and oxygen atoms in total. The minimum atomic E-state index is -0.698. The van der Waals surface area contributed by atoms with Gasteiger partial charge in [-0.25, -0.2) is 0 Å². The molecule has 0 spiro atoms. The van der Waals surface area contributed by atoms with Crippen molar-refractivity contribution in [1.82, 2.24) is 15.2 Å². The van der Waals surface area contributed by atoms with Gasteiger partial charge in [-0.15, -0.1) is 0 Å². The van der Waals surface area contributed by atoms with E-state index in [1.165, 1.54) is 11.0 Å².